The first-order chi connectivity index (χ1) is 9.50. The first-order valence-corrected chi connectivity index (χ1v) is 6.43. The zero-order valence-electron chi connectivity index (χ0n) is 11.4. The number of fused-ring (bicyclic) bond motifs is 1. The lowest BCUT2D eigenvalue weighted by Crippen LogP contribution is -2.18. The maximum absolute atomic E-state index is 9.55. The van der Waals surface area contributed by atoms with E-state index in [4.69, 9.17) is 10.2 Å². The van der Waals surface area contributed by atoms with Crippen molar-refractivity contribution in [3.05, 3.63) is 47.5 Å². The van der Waals surface area contributed by atoms with Gasteiger partial charge in [0.2, 0.25) is 0 Å². The lowest BCUT2D eigenvalue weighted by atomic mass is 9.96. The largest absolute Gasteiger partial charge is 0.478 e. The number of nitrogens with one attached hydrogen (secondary N) is 1. The standard InChI is InChI=1S/C11H15N.C4H4O4/c1-9-8-12-7-6-10-4-2-3-5-11(9)10;5-3(6)1-2-4(7)8/h2-5,9,12H,6-8H2,1H3;1-2H,(H,5,6)(H,7,8). The third kappa shape index (κ3) is 5.67. The molecular formula is C15H19NO4. The average Bonchev–Trinajstić information content (AvgIpc) is 2.60. The van der Waals surface area contributed by atoms with Gasteiger partial charge in [-0.1, -0.05) is 31.2 Å². The molecule has 5 nitrogen and oxygen atoms in total. The van der Waals surface area contributed by atoms with Gasteiger partial charge in [-0.2, -0.15) is 0 Å². The van der Waals surface area contributed by atoms with Crippen LogP contribution < -0.4 is 5.32 Å². The van der Waals surface area contributed by atoms with Crippen LogP contribution in [-0.4, -0.2) is 35.2 Å². The molecule has 0 bridgehead atoms. The summed E-state index contributed by atoms with van der Waals surface area (Å²) >= 11 is 0. The highest BCUT2D eigenvalue weighted by Crippen LogP contribution is 2.21. The highest BCUT2D eigenvalue weighted by atomic mass is 16.4. The molecule has 0 saturated carbocycles. The van der Waals surface area contributed by atoms with Crippen LogP contribution in [0.5, 0.6) is 0 Å². The molecule has 1 atom stereocenters. The van der Waals surface area contributed by atoms with E-state index in [0.29, 0.717) is 18.1 Å². The zero-order chi connectivity index (χ0) is 15.0. The van der Waals surface area contributed by atoms with Gasteiger partial charge >= 0.3 is 11.9 Å². The predicted molar refractivity (Wildman–Crippen MR) is 75.8 cm³/mol. The van der Waals surface area contributed by atoms with Gasteiger partial charge < -0.3 is 15.5 Å². The van der Waals surface area contributed by atoms with Gasteiger partial charge in [0, 0.05) is 18.7 Å². The molecule has 3 N–H and O–H groups in total. The van der Waals surface area contributed by atoms with Gasteiger partial charge in [-0.05, 0) is 30.0 Å². The number of rotatable bonds is 2. The van der Waals surface area contributed by atoms with Crippen LogP contribution >= 0.6 is 0 Å². The number of carboxylic acids is 2. The van der Waals surface area contributed by atoms with E-state index in [1.807, 2.05) is 0 Å². The van der Waals surface area contributed by atoms with Crippen LogP contribution in [0.2, 0.25) is 0 Å². The van der Waals surface area contributed by atoms with Gasteiger partial charge in [-0.15, -0.1) is 0 Å². The zero-order valence-corrected chi connectivity index (χ0v) is 11.4. The maximum atomic E-state index is 9.55. The van der Waals surface area contributed by atoms with Crippen LogP contribution in [0.3, 0.4) is 0 Å². The van der Waals surface area contributed by atoms with Crippen molar-refractivity contribution >= 4 is 11.9 Å². The van der Waals surface area contributed by atoms with Crippen molar-refractivity contribution in [1.82, 2.24) is 5.32 Å². The van der Waals surface area contributed by atoms with E-state index >= 15 is 0 Å². The molecule has 0 radical (unpaired) electrons. The summed E-state index contributed by atoms with van der Waals surface area (Å²) in [5.41, 5.74) is 3.05. The Kier molecular flexibility index (Phi) is 6.46. The van der Waals surface area contributed by atoms with E-state index in [2.05, 4.69) is 36.5 Å². The first kappa shape index (κ1) is 15.9. The van der Waals surface area contributed by atoms with Crippen molar-refractivity contribution in [2.45, 2.75) is 19.3 Å². The van der Waals surface area contributed by atoms with Gasteiger partial charge in [0.25, 0.3) is 0 Å². The molecule has 1 heterocycles. The highest BCUT2D eigenvalue weighted by Gasteiger charge is 2.12. The van der Waals surface area contributed by atoms with Crippen LogP contribution in [0.1, 0.15) is 24.0 Å². The van der Waals surface area contributed by atoms with E-state index < -0.39 is 11.9 Å². The van der Waals surface area contributed by atoms with Crippen LogP contribution in [0.15, 0.2) is 36.4 Å². The second kappa shape index (κ2) is 8.12. The van der Waals surface area contributed by atoms with Crippen molar-refractivity contribution in [2.75, 3.05) is 13.1 Å². The number of carboxylic acid groups (broad SMARTS) is 2. The van der Waals surface area contributed by atoms with Crippen molar-refractivity contribution in [1.29, 1.82) is 0 Å². The van der Waals surface area contributed by atoms with Crippen molar-refractivity contribution < 1.29 is 19.8 Å². The summed E-state index contributed by atoms with van der Waals surface area (Å²) in [7, 11) is 0. The van der Waals surface area contributed by atoms with Gasteiger partial charge in [0.05, 0.1) is 0 Å². The Morgan fingerprint density at radius 3 is 2.40 bits per heavy atom. The molecule has 0 aromatic heterocycles. The van der Waals surface area contributed by atoms with E-state index in [1.54, 1.807) is 0 Å². The Hall–Kier alpha value is -2.14. The summed E-state index contributed by atoms with van der Waals surface area (Å²) in [5, 5.41) is 19.1. The molecule has 0 fully saturated rings. The molecule has 0 spiro atoms. The molecule has 1 aromatic rings. The minimum absolute atomic E-state index is 0.558. The SMILES string of the molecule is CC1CNCCc2ccccc21.O=C(O)C=CC(=O)O. The highest BCUT2D eigenvalue weighted by molar-refractivity contribution is 5.89. The number of carbonyl (C=O) groups is 2. The Morgan fingerprint density at radius 2 is 1.80 bits per heavy atom. The smallest absolute Gasteiger partial charge is 0.328 e. The summed E-state index contributed by atoms with van der Waals surface area (Å²) in [6, 6.07) is 8.78. The monoisotopic (exact) mass is 277 g/mol. The summed E-state index contributed by atoms with van der Waals surface area (Å²) in [6.45, 7) is 4.54. The molecular weight excluding hydrogens is 258 g/mol. The third-order valence-electron chi connectivity index (χ3n) is 2.98. The number of hydrogen-bond donors (Lipinski definition) is 3. The Balaban J connectivity index is 0.000000221. The molecule has 108 valence electrons. The minimum Gasteiger partial charge on any atom is -0.478 e. The fraction of sp³-hybridized carbons (Fsp3) is 0.333. The van der Waals surface area contributed by atoms with E-state index in [1.165, 1.54) is 17.5 Å². The molecule has 20 heavy (non-hydrogen) atoms. The third-order valence-corrected chi connectivity index (χ3v) is 2.98. The number of aliphatic carboxylic acids is 2. The normalized spacial score (nSPS) is 17.6. The lowest BCUT2D eigenvalue weighted by Gasteiger charge is -2.10. The van der Waals surface area contributed by atoms with Gasteiger partial charge in [-0.25, -0.2) is 9.59 Å². The lowest BCUT2D eigenvalue weighted by molar-refractivity contribution is -0.134. The molecule has 5 heteroatoms. The second-order valence-corrected chi connectivity index (χ2v) is 4.56. The topological polar surface area (TPSA) is 86.6 Å². The van der Waals surface area contributed by atoms with Gasteiger partial charge in [0.15, 0.2) is 0 Å². The predicted octanol–water partition coefficient (Wildman–Crippen LogP) is 1.65. The van der Waals surface area contributed by atoms with E-state index in [9.17, 15) is 9.59 Å². The Morgan fingerprint density at radius 1 is 1.20 bits per heavy atom. The van der Waals surface area contributed by atoms with Crippen LogP contribution in [0.4, 0.5) is 0 Å². The Labute approximate surface area is 117 Å². The van der Waals surface area contributed by atoms with Crippen molar-refractivity contribution in [3.63, 3.8) is 0 Å². The number of benzene rings is 1. The molecule has 1 unspecified atom stereocenters. The van der Waals surface area contributed by atoms with Crippen LogP contribution in [-0.2, 0) is 16.0 Å². The fourth-order valence-corrected chi connectivity index (χ4v) is 2.04. The summed E-state index contributed by atoms with van der Waals surface area (Å²) in [6.07, 6.45) is 2.30. The number of hydrogen-bond acceptors (Lipinski definition) is 3. The molecule has 2 rings (SSSR count). The molecule has 0 amide bonds. The van der Waals surface area contributed by atoms with Gasteiger partial charge in [-0.3, -0.25) is 0 Å². The summed E-state index contributed by atoms with van der Waals surface area (Å²) in [5.74, 6) is -1.84. The first-order valence-electron chi connectivity index (χ1n) is 6.43. The molecule has 0 saturated heterocycles. The van der Waals surface area contributed by atoms with Crippen LogP contribution in [0, 0.1) is 0 Å². The summed E-state index contributed by atoms with van der Waals surface area (Å²) in [4.78, 5) is 19.1. The second-order valence-electron chi connectivity index (χ2n) is 4.56. The molecule has 1 aliphatic heterocycles. The average molecular weight is 277 g/mol. The van der Waals surface area contributed by atoms with E-state index in [0.717, 1.165) is 13.1 Å². The van der Waals surface area contributed by atoms with Crippen molar-refractivity contribution in [2.24, 2.45) is 0 Å². The molecule has 0 aliphatic carbocycles. The van der Waals surface area contributed by atoms with E-state index in [-0.39, 0.29) is 0 Å². The maximum Gasteiger partial charge on any atom is 0.328 e. The minimum atomic E-state index is -1.26. The summed E-state index contributed by atoms with van der Waals surface area (Å²) < 4.78 is 0. The molecule has 1 aliphatic rings. The fourth-order valence-electron chi connectivity index (χ4n) is 2.04. The van der Waals surface area contributed by atoms with Crippen molar-refractivity contribution in [3.8, 4) is 0 Å². The Bertz CT molecular complexity index is 480. The van der Waals surface area contributed by atoms with Crippen LogP contribution in [0.25, 0.3) is 0 Å². The quantitative estimate of drug-likeness (QED) is 0.715. The van der Waals surface area contributed by atoms with Gasteiger partial charge in [0.1, 0.15) is 0 Å². The molecule has 1 aromatic carbocycles.